The number of nitrogens with zero attached hydrogens (tertiary/aromatic N) is 2. The van der Waals surface area contributed by atoms with Crippen molar-refractivity contribution in [2.75, 3.05) is 5.73 Å². The molecule has 0 amide bonds. The molecule has 0 fully saturated rings. The van der Waals surface area contributed by atoms with Gasteiger partial charge in [-0.15, -0.1) is 0 Å². The monoisotopic (exact) mass is 315 g/mol. The second-order valence-corrected chi connectivity index (χ2v) is 6.05. The number of unbranched alkanes of at least 4 members (excludes halogenated alkanes) is 2. The Labute approximate surface area is 142 Å². The van der Waals surface area contributed by atoms with Crippen LogP contribution in [0.5, 0.6) is 0 Å². The van der Waals surface area contributed by atoms with Gasteiger partial charge in [-0.2, -0.15) is 5.26 Å². The third-order valence-corrected chi connectivity index (χ3v) is 4.32. The van der Waals surface area contributed by atoms with E-state index in [1.165, 1.54) is 12.8 Å². The Morgan fingerprint density at radius 2 is 1.92 bits per heavy atom. The molecule has 3 aromatic rings. The summed E-state index contributed by atoms with van der Waals surface area (Å²) >= 11 is 0. The molecule has 24 heavy (non-hydrogen) atoms. The molecule has 0 saturated carbocycles. The predicted molar refractivity (Wildman–Crippen MR) is 99.5 cm³/mol. The second-order valence-electron chi connectivity index (χ2n) is 6.05. The van der Waals surface area contributed by atoms with Gasteiger partial charge in [-0.05, 0) is 53.8 Å². The summed E-state index contributed by atoms with van der Waals surface area (Å²) in [5.74, 6) is 0.626. The number of benzene rings is 2. The van der Waals surface area contributed by atoms with E-state index in [1.54, 1.807) is 0 Å². The maximum Gasteiger partial charge on any atom is 0.127 e. The van der Waals surface area contributed by atoms with Gasteiger partial charge in [0.1, 0.15) is 5.82 Å². The molecule has 0 aliphatic rings. The smallest absolute Gasteiger partial charge is 0.127 e. The molecule has 1 heterocycles. The van der Waals surface area contributed by atoms with Gasteiger partial charge in [0.2, 0.25) is 0 Å². The highest BCUT2D eigenvalue weighted by atomic mass is 14.8. The number of hydrogen-bond acceptors (Lipinski definition) is 3. The summed E-state index contributed by atoms with van der Waals surface area (Å²) in [5.41, 5.74) is 10.9. The second kappa shape index (κ2) is 7.14. The van der Waals surface area contributed by atoms with E-state index in [0.717, 1.165) is 40.4 Å². The number of nitrogens with two attached hydrogens (primary N) is 1. The Kier molecular flexibility index (Phi) is 4.77. The highest BCUT2D eigenvalue weighted by Crippen LogP contribution is 2.30. The fourth-order valence-corrected chi connectivity index (χ4v) is 3.03. The summed E-state index contributed by atoms with van der Waals surface area (Å²) in [5, 5.41) is 10.2. The lowest BCUT2D eigenvalue weighted by atomic mass is 9.97. The first-order valence-electron chi connectivity index (χ1n) is 8.41. The lowest BCUT2D eigenvalue weighted by Gasteiger charge is -2.11. The van der Waals surface area contributed by atoms with Crippen LogP contribution in [0.1, 0.15) is 37.3 Å². The Bertz CT molecular complexity index is 907. The molecule has 0 spiro atoms. The summed E-state index contributed by atoms with van der Waals surface area (Å²) in [4.78, 5) is 4.60. The number of fused-ring (bicyclic) bond motifs is 1. The minimum atomic E-state index is 0.626. The molecule has 0 aliphatic heterocycles. The molecule has 0 bridgehead atoms. The minimum absolute atomic E-state index is 0.626. The standard InChI is InChI=1S/C21H21N3/c1-2-3-4-8-17-13-19-18(10-6-11-20(19)24-21(17)23)16-9-5-7-15(12-16)14-22/h5-7,9-13H,2-4,8H2,1H3,(H2,23,24). The normalized spacial score (nSPS) is 10.7. The Balaban J connectivity index is 2.11. The van der Waals surface area contributed by atoms with Crippen LogP contribution in [0.25, 0.3) is 22.0 Å². The molecule has 3 rings (SSSR count). The molecule has 0 aliphatic carbocycles. The van der Waals surface area contributed by atoms with E-state index >= 15 is 0 Å². The van der Waals surface area contributed by atoms with E-state index in [1.807, 2.05) is 36.4 Å². The van der Waals surface area contributed by atoms with Crippen molar-refractivity contribution in [2.45, 2.75) is 32.6 Å². The first-order chi connectivity index (χ1) is 11.7. The molecule has 1 aromatic heterocycles. The number of hydrogen-bond donors (Lipinski definition) is 1. The van der Waals surface area contributed by atoms with Crippen LogP contribution in [0.15, 0.2) is 48.5 Å². The van der Waals surface area contributed by atoms with Gasteiger partial charge in [0.15, 0.2) is 0 Å². The topological polar surface area (TPSA) is 62.7 Å². The summed E-state index contributed by atoms with van der Waals surface area (Å²) in [7, 11) is 0. The molecule has 2 N–H and O–H groups in total. The van der Waals surface area contributed by atoms with Crippen LogP contribution in [0.4, 0.5) is 5.82 Å². The zero-order valence-corrected chi connectivity index (χ0v) is 13.9. The average Bonchev–Trinajstić information content (AvgIpc) is 2.62. The van der Waals surface area contributed by atoms with Crippen LogP contribution in [0, 0.1) is 11.3 Å². The van der Waals surface area contributed by atoms with E-state index in [-0.39, 0.29) is 0 Å². The van der Waals surface area contributed by atoms with E-state index in [2.05, 4.69) is 30.1 Å². The van der Waals surface area contributed by atoms with Gasteiger partial charge in [0.05, 0.1) is 17.1 Å². The molecule has 3 nitrogen and oxygen atoms in total. The van der Waals surface area contributed by atoms with Crippen LogP contribution < -0.4 is 5.73 Å². The van der Waals surface area contributed by atoms with Crippen LogP contribution in [0.2, 0.25) is 0 Å². The maximum atomic E-state index is 9.14. The number of rotatable bonds is 5. The zero-order chi connectivity index (χ0) is 16.9. The first kappa shape index (κ1) is 16.0. The van der Waals surface area contributed by atoms with Gasteiger partial charge in [0, 0.05) is 5.39 Å². The van der Waals surface area contributed by atoms with Crippen molar-refractivity contribution in [1.82, 2.24) is 4.98 Å². The zero-order valence-electron chi connectivity index (χ0n) is 13.9. The summed E-state index contributed by atoms with van der Waals surface area (Å²) in [6, 6.07) is 18.1. The highest BCUT2D eigenvalue weighted by Gasteiger charge is 2.09. The van der Waals surface area contributed by atoms with E-state index in [0.29, 0.717) is 11.4 Å². The quantitative estimate of drug-likeness (QED) is 0.667. The van der Waals surface area contributed by atoms with Crippen molar-refractivity contribution < 1.29 is 0 Å². The van der Waals surface area contributed by atoms with Gasteiger partial charge in [-0.25, -0.2) is 4.98 Å². The Hall–Kier alpha value is -2.86. The number of nitrogen functional groups attached to an aromatic ring is 1. The predicted octanol–water partition coefficient (Wildman–Crippen LogP) is 5.09. The van der Waals surface area contributed by atoms with Gasteiger partial charge in [0.25, 0.3) is 0 Å². The van der Waals surface area contributed by atoms with Crippen LogP contribution in [0.3, 0.4) is 0 Å². The van der Waals surface area contributed by atoms with Crippen molar-refractivity contribution >= 4 is 16.7 Å². The molecule has 0 unspecified atom stereocenters. The molecule has 0 atom stereocenters. The van der Waals surface area contributed by atoms with Gasteiger partial charge in [-0.3, -0.25) is 0 Å². The van der Waals surface area contributed by atoms with E-state index in [4.69, 9.17) is 11.0 Å². The fraction of sp³-hybridized carbons (Fsp3) is 0.238. The summed E-state index contributed by atoms with van der Waals surface area (Å²) < 4.78 is 0. The Morgan fingerprint density at radius 3 is 2.71 bits per heavy atom. The van der Waals surface area contributed by atoms with Crippen molar-refractivity contribution in [2.24, 2.45) is 0 Å². The molecular formula is C21H21N3. The molecule has 120 valence electrons. The summed E-state index contributed by atoms with van der Waals surface area (Å²) in [6.07, 6.45) is 4.46. The largest absolute Gasteiger partial charge is 0.383 e. The van der Waals surface area contributed by atoms with E-state index in [9.17, 15) is 0 Å². The van der Waals surface area contributed by atoms with E-state index < -0.39 is 0 Å². The third kappa shape index (κ3) is 3.23. The van der Waals surface area contributed by atoms with Crippen molar-refractivity contribution in [3.8, 4) is 17.2 Å². The molecule has 0 radical (unpaired) electrons. The SMILES string of the molecule is CCCCCc1cc2c(-c3cccc(C#N)c3)cccc2nc1N. The minimum Gasteiger partial charge on any atom is -0.383 e. The number of anilines is 1. The van der Waals surface area contributed by atoms with Crippen LogP contribution in [-0.2, 0) is 6.42 Å². The number of aryl methyl sites for hydroxylation is 1. The van der Waals surface area contributed by atoms with Crippen molar-refractivity contribution in [1.29, 1.82) is 5.26 Å². The summed E-state index contributed by atoms with van der Waals surface area (Å²) in [6.45, 7) is 2.20. The van der Waals surface area contributed by atoms with Gasteiger partial charge in [-0.1, -0.05) is 44.0 Å². The van der Waals surface area contributed by atoms with Gasteiger partial charge < -0.3 is 5.73 Å². The molecular weight excluding hydrogens is 294 g/mol. The first-order valence-corrected chi connectivity index (χ1v) is 8.41. The molecule has 2 aromatic carbocycles. The van der Waals surface area contributed by atoms with Gasteiger partial charge >= 0.3 is 0 Å². The number of nitriles is 1. The number of pyridine rings is 1. The Morgan fingerprint density at radius 1 is 1.08 bits per heavy atom. The average molecular weight is 315 g/mol. The molecule has 0 saturated heterocycles. The fourth-order valence-electron chi connectivity index (χ4n) is 3.03. The van der Waals surface area contributed by atoms with Crippen LogP contribution in [-0.4, -0.2) is 4.98 Å². The highest BCUT2D eigenvalue weighted by molar-refractivity contribution is 5.96. The lowest BCUT2D eigenvalue weighted by Crippen LogP contribution is -1.99. The third-order valence-electron chi connectivity index (χ3n) is 4.32. The molecule has 3 heteroatoms. The van der Waals surface area contributed by atoms with Crippen molar-refractivity contribution in [3.63, 3.8) is 0 Å². The lowest BCUT2D eigenvalue weighted by molar-refractivity contribution is 0.718. The maximum absolute atomic E-state index is 9.14. The van der Waals surface area contributed by atoms with Crippen molar-refractivity contribution in [3.05, 3.63) is 59.7 Å². The van der Waals surface area contributed by atoms with Crippen LogP contribution >= 0.6 is 0 Å². The number of aromatic nitrogens is 1.